The standard InChI is InChI=1S/C13H16N2O2/c16-13(17)14-8-5-6-10-9-3-1-2-4-11(9)15-12(10)7-8/h1-4,8,10,12,14-15H,5-7H2,(H,16,17)/p-1. The largest absolute Gasteiger partial charge is 0.530 e. The van der Waals surface area contributed by atoms with Gasteiger partial charge in [-0.25, -0.2) is 0 Å². The third kappa shape index (κ3) is 1.84. The van der Waals surface area contributed by atoms with Crippen LogP contribution in [0.15, 0.2) is 24.3 Å². The Bertz CT molecular complexity index is 447. The number of fused-ring (bicyclic) bond motifs is 3. The molecule has 3 rings (SSSR count). The predicted octanol–water partition coefficient (Wildman–Crippen LogP) is 1.05. The highest BCUT2D eigenvalue weighted by molar-refractivity contribution is 5.63. The van der Waals surface area contributed by atoms with Crippen molar-refractivity contribution in [3.8, 4) is 0 Å². The number of hydrogen-bond acceptors (Lipinski definition) is 3. The zero-order valence-electron chi connectivity index (χ0n) is 9.48. The Labute approximate surface area is 100 Å². The van der Waals surface area contributed by atoms with E-state index >= 15 is 0 Å². The van der Waals surface area contributed by atoms with Gasteiger partial charge < -0.3 is 20.5 Å². The van der Waals surface area contributed by atoms with Gasteiger partial charge in [-0.1, -0.05) is 18.2 Å². The van der Waals surface area contributed by atoms with Crippen LogP contribution in [-0.4, -0.2) is 18.2 Å². The molecule has 4 heteroatoms. The number of nitrogens with one attached hydrogen (secondary N) is 2. The first kappa shape index (κ1) is 10.4. The second-order valence-electron chi connectivity index (χ2n) is 4.89. The van der Waals surface area contributed by atoms with Crippen LogP contribution in [0.3, 0.4) is 0 Å². The molecule has 1 aliphatic heterocycles. The molecule has 2 aliphatic rings. The van der Waals surface area contributed by atoms with E-state index in [1.165, 1.54) is 11.3 Å². The van der Waals surface area contributed by atoms with Gasteiger partial charge in [0.15, 0.2) is 0 Å². The monoisotopic (exact) mass is 231 g/mol. The quantitative estimate of drug-likeness (QED) is 0.759. The molecule has 1 amide bonds. The van der Waals surface area contributed by atoms with Crippen LogP contribution < -0.4 is 15.7 Å². The van der Waals surface area contributed by atoms with Crippen LogP contribution >= 0.6 is 0 Å². The third-order valence-electron chi connectivity index (χ3n) is 3.87. The van der Waals surface area contributed by atoms with Crippen molar-refractivity contribution < 1.29 is 9.90 Å². The molecule has 1 aromatic carbocycles. The Morgan fingerprint density at radius 1 is 1.35 bits per heavy atom. The molecule has 3 atom stereocenters. The van der Waals surface area contributed by atoms with Gasteiger partial charge >= 0.3 is 0 Å². The first-order valence-electron chi connectivity index (χ1n) is 6.07. The minimum atomic E-state index is -1.16. The van der Waals surface area contributed by atoms with Crippen molar-refractivity contribution in [2.45, 2.75) is 37.3 Å². The van der Waals surface area contributed by atoms with Crippen LogP contribution in [0.2, 0.25) is 0 Å². The van der Waals surface area contributed by atoms with Crippen molar-refractivity contribution in [1.29, 1.82) is 0 Å². The molecule has 0 bridgehead atoms. The smallest absolute Gasteiger partial charge is 0.134 e. The lowest BCUT2D eigenvalue weighted by Crippen LogP contribution is -2.47. The summed E-state index contributed by atoms with van der Waals surface area (Å²) in [5.41, 5.74) is 2.58. The molecule has 1 saturated carbocycles. The molecule has 1 aromatic rings. The highest BCUT2D eigenvalue weighted by Crippen LogP contribution is 2.43. The fourth-order valence-corrected chi connectivity index (χ4v) is 3.15. The molecule has 0 aromatic heterocycles. The van der Waals surface area contributed by atoms with Crippen molar-refractivity contribution >= 4 is 11.8 Å². The van der Waals surface area contributed by atoms with Crippen molar-refractivity contribution in [3.63, 3.8) is 0 Å². The maximum atomic E-state index is 10.5. The molecule has 4 nitrogen and oxygen atoms in total. The number of hydrogen-bond donors (Lipinski definition) is 2. The number of rotatable bonds is 1. The molecule has 3 unspecified atom stereocenters. The second-order valence-corrected chi connectivity index (χ2v) is 4.89. The first-order chi connectivity index (χ1) is 8.24. The number of carbonyl (C=O) groups is 1. The number of benzene rings is 1. The summed E-state index contributed by atoms with van der Waals surface area (Å²) in [6.45, 7) is 0. The first-order valence-corrected chi connectivity index (χ1v) is 6.07. The highest BCUT2D eigenvalue weighted by Gasteiger charge is 2.36. The summed E-state index contributed by atoms with van der Waals surface area (Å²) < 4.78 is 0. The van der Waals surface area contributed by atoms with Gasteiger partial charge in [0.25, 0.3) is 0 Å². The normalized spacial score (nSPS) is 30.0. The van der Waals surface area contributed by atoms with E-state index in [2.05, 4.69) is 28.8 Å². The maximum absolute atomic E-state index is 10.5. The fraction of sp³-hybridized carbons (Fsp3) is 0.462. The Morgan fingerprint density at radius 3 is 3.00 bits per heavy atom. The van der Waals surface area contributed by atoms with E-state index in [0.717, 1.165) is 19.3 Å². The summed E-state index contributed by atoms with van der Waals surface area (Å²) in [7, 11) is 0. The summed E-state index contributed by atoms with van der Waals surface area (Å²) in [4.78, 5) is 10.5. The molecular formula is C13H15N2O2-. The van der Waals surface area contributed by atoms with Gasteiger partial charge in [-0.15, -0.1) is 0 Å². The van der Waals surface area contributed by atoms with Crippen molar-refractivity contribution in [2.75, 3.05) is 5.32 Å². The topological polar surface area (TPSA) is 64.2 Å². The predicted molar refractivity (Wildman–Crippen MR) is 62.8 cm³/mol. The Balaban J connectivity index is 1.75. The Morgan fingerprint density at radius 2 is 2.18 bits per heavy atom. The summed E-state index contributed by atoms with van der Waals surface area (Å²) in [5.74, 6) is 0.533. The van der Waals surface area contributed by atoms with E-state index in [1.54, 1.807) is 0 Å². The summed E-state index contributed by atoms with van der Waals surface area (Å²) in [6, 6.07) is 8.74. The van der Waals surface area contributed by atoms with E-state index in [0.29, 0.717) is 12.0 Å². The lowest BCUT2D eigenvalue weighted by Gasteiger charge is -2.33. The molecule has 90 valence electrons. The average molecular weight is 231 g/mol. The van der Waals surface area contributed by atoms with Crippen molar-refractivity contribution in [3.05, 3.63) is 29.8 Å². The second kappa shape index (κ2) is 3.95. The van der Waals surface area contributed by atoms with E-state index in [4.69, 9.17) is 0 Å². The van der Waals surface area contributed by atoms with E-state index in [-0.39, 0.29) is 6.04 Å². The highest BCUT2D eigenvalue weighted by atomic mass is 16.4. The Kier molecular flexibility index (Phi) is 2.42. The van der Waals surface area contributed by atoms with Crippen LogP contribution in [0.1, 0.15) is 30.7 Å². The minimum absolute atomic E-state index is 0.0306. The van der Waals surface area contributed by atoms with Gasteiger partial charge in [0.1, 0.15) is 6.09 Å². The average Bonchev–Trinajstić information content (AvgIpc) is 2.65. The van der Waals surface area contributed by atoms with Crippen LogP contribution in [-0.2, 0) is 0 Å². The van der Waals surface area contributed by atoms with Crippen molar-refractivity contribution in [2.24, 2.45) is 0 Å². The minimum Gasteiger partial charge on any atom is -0.530 e. The molecular weight excluding hydrogens is 216 g/mol. The maximum Gasteiger partial charge on any atom is 0.134 e. The summed E-state index contributed by atoms with van der Waals surface area (Å²) >= 11 is 0. The van der Waals surface area contributed by atoms with E-state index in [1.807, 2.05) is 6.07 Å². The molecule has 1 heterocycles. The van der Waals surface area contributed by atoms with Crippen LogP contribution in [0.5, 0.6) is 0 Å². The van der Waals surface area contributed by atoms with Gasteiger partial charge in [0.05, 0.1) is 0 Å². The van der Waals surface area contributed by atoms with Crippen LogP contribution in [0.25, 0.3) is 0 Å². The van der Waals surface area contributed by atoms with Gasteiger partial charge in [0.2, 0.25) is 0 Å². The molecule has 0 saturated heterocycles. The van der Waals surface area contributed by atoms with Gasteiger partial charge in [-0.2, -0.15) is 0 Å². The molecule has 2 N–H and O–H groups in total. The molecule has 0 radical (unpaired) electrons. The van der Waals surface area contributed by atoms with Gasteiger partial charge in [-0.05, 0) is 30.9 Å². The number of carbonyl (C=O) groups excluding carboxylic acids is 1. The number of carboxylic acid groups (broad SMARTS) is 1. The lowest BCUT2D eigenvalue weighted by atomic mass is 9.80. The zero-order chi connectivity index (χ0) is 11.8. The van der Waals surface area contributed by atoms with Gasteiger partial charge in [-0.3, -0.25) is 0 Å². The van der Waals surface area contributed by atoms with Crippen LogP contribution in [0, 0.1) is 0 Å². The lowest BCUT2D eigenvalue weighted by molar-refractivity contribution is -0.251. The van der Waals surface area contributed by atoms with E-state index < -0.39 is 6.09 Å². The molecule has 1 fully saturated rings. The molecule has 0 spiro atoms. The molecule has 1 aliphatic carbocycles. The van der Waals surface area contributed by atoms with Crippen LogP contribution in [0.4, 0.5) is 10.5 Å². The number of anilines is 1. The third-order valence-corrected chi connectivity index (χ3v) is 3.87. The number of amides is 1. The Hall–Kier alpha value is -1.71. The summed E-state index contributed by atoms with van der Waals surface area (Å²) in [6.07, 6.45) is 1.60. The molecule has 17 heavy (non-hydrogen) atoms. The summed E-state index contributed by atoms with van der Waals surface area (Å²) in [5, 5.41) is 16.5. The van der Waals surface area contributed by atoms with Gasteiger partial charge in [0, 0.05) is 23.7 Å². The fourth-order valence-electron chi connectivity index (χ4n) is 3.15. The number of para-hydroxylation sites is 1. The van der Waals surface area contributed by atoms with Crippen molar-refractivity contribution in [1.82, 2.24) is 5.32 Å². The SMILES string of the molecule is O=C([O-])NC1CCC2c3ccccc3NC2C1. The zero-order valence-corrected chi connectivity index (χ0v) is 9.48. The van der Waals surface area contributed by atoms with E-state index in [9.17, 15) is 9.90 Å².